The minimum atomic E-state index is -3.91. The van der Waals surface area contributed by atoms with Crippen molar-refractivity contribution in [1.29, 1.82) is 0 Å². The average molecular weight is 439 g/mol. The highest BCUT2D eigenvalue weighted by atomic mass is 31.2. The van der Waals surface area contributed by atoms with Crippen LogP contribution in [0.15, 0.2) is 12.7 Å². The third-order valence-electron chi connectivity index (χ3n) is 3.52. The zero-order chi connectivity index (χ0) is 21.2. The lowest BCUT2D eigenvalue weighted by molar-refractivity contribution is 0.177. The monoisotopic (exact) mass is 438 g/mol. The van der Waals surface area contributed by atoms with Gasteiger partial charge in [-0.2, -0.15) is 0 Å². The average Bonchev–Trinajstić information content (AvgIpc) is 2.53. The normalized spacial score (nSPS) is 13.1. The Hall–Kier alpha value is -0.183. The lowest BCUT2D eigenvalue weighted by atomic mass is 10.2. The largest absolute Gasteiger partial charge is 0.350 e. The van der Waals surface area contributed by atoms with Crippen LogP contribution in [0.25, 0.3) is 0 Å². The summed E-state index contributed by atoms with van der Waals surface area (Å²) in [4.78, 5) is -1.56. The van der Waals surface area contributed by atoms with Gasteiger partial charge in [0.1, 0.15) is 8.07 Å². The molecule has 0 atom stereocenters. The zero-order valence-corrected chi connectivity index (χ0v) is 20.7. The fraction of sp³-hybridized carbons (Fsp3) is 0.778. The Labute approximate surface area is 166 Å². The molecule has 0 aliphatic heterocycles. The van der Waals surface area contributed by atoms with Gasteiger partial charge in [0.2, 0.25) is 0 Å². The molecule has 0 aliphatic carbocycles. The highest BCUT2D eigenvalue weighted by Crippen LogP contribution is 2.80. The van der Waals surface area contributed by atoms with Gasteiger partial charge >= 0.3 is 15.2 Å². The van der Waals surface area contributed by atoms with Gasteiger partial charge in [-0.25, -0.2) is 0 Å². The highest BCUT2D eigenvalue weighted by molar-refractivity contribution is 7.74. The first-order valence-electron chi connectivity index (χ1n) is 9.40. The predicted octanol–water partition coefficient (Wildman–Crippen LogP) is 6.06. The van der Waals surface area contributed by atoms with Gasteiger partial charge < -0.3 is 18.1 Å². The van der Waals surface area contributed by atoms with Gasteiger partial charge in [-0.15, -0.1) is 18.0 Å². The molecule has 9 heteroatoms. The van der Waals surface area contributed by atoms with Gasteiger partial charge in [0.25, 0.3) is 0 Å². The second-order valence-electron chi connectivity index (χ2n) is 6.87. The molecule has 0 unspecified atom stereocenters. The van der Waals surface area contributed by atoms with Crippen LogP contribution in [0, 0.1) is 11.5 Å². The summed E-state index contributed by atoms with van der Waals surface area (Å²) in [6.07, 6.45) is 1.63. The van der Waals surface area contributed by atoms with E-state index in [-0.39, 0.29) is 39.3 Å². The van der Waals surface area contributed by atoms with E-state index in [0.717, 1.165) is 0 Å². The Balaban J connectivity index is 6.73. The van der Waals surface area contributed by atoms with Crippen molar-refractivity contribution in [2.75, 3.05) is 26.4 Å². The first kappa shape index (κ1) is 26.8. The van der Waals surface area contributed by atoms with E-state index in [1.54, 1.807) is 33.8 Å². The highest BCUT2D eigenvalue weighted by Gasteiger charge is 2.64. The molecule has 0 rings (SSSR count). The second kappa shape index (κ2) is 11.7. The Morgan fingerprint density at radius 1 is 0.889 bits per heavy atom. The molecule has 0 aromatic heterocycles. The van der Waals surface area contributed by atoms with E-state index >= 15 is 0 Å². The fourth-order valence-electron chi connectivity index (χ4n) is 2.56. The fourth-order valence-corrected chi connectivity index (χ4v) is 8.79. The maximum Gasteiger partial charge on any atom is 0.350 e. The smallest absolute Gasteiger partial charge is 0.308 e. The zero-order valence-electron chi connectivity index (χ0n) is 17.9. The van der Waals surface area contributed by atoms with Crippen molar-refractivity contribution in [3.63, 3.8) is 0 Å². The van der Waals surface area contributed by atoms with Crippen LogP contribution in [0.4, 0.5) is 0 Å². The quantitative estimate of drug-likeness (QED) is 0.151. The molecule has 0 bridgehead atoms. The molecule has 0 spiro atoms. The minimum Gasteiger partial charge on any atom is -0.308 e. The lowest BCUT2D eigenvalue weighted by Crippen LogP contribution is -2.33. The standard InChI is InChI=1S/C18H36O6P2Si/c1-9-15-18(16-14-17-27(6,7)8,25(19,21-10-2)22-11-3)26(20,23-12-4)24-13-5/h9H,1,10-13,15-16H2,2-8H3. The van der Waals surface area contributed by atoms with Crippen LogP contribution in [0.2, 0.25) is 19.6 Å². The maximum absolute atomic E-state index is 13.9. The summed E-state index contributed by atoms with van der Waals surface area (Å²) < 4.78 is 50.2. The summed E-state index contributed by atoms with van der Waals surface area (Å²) in [7, 11) is -9.52. The summed E-state index contributed by atoms with van der Waals surface area (Å²) in [5.74, 6) is 3.10. The lowest BCUT2D eigenvalue weighted by Gasteiger charge is -2.40. The van der Waals surface area contributed by atoms with E-state index < -0.39 is 28.2 Å². The topological polar surface area (TPSA) is 71.1 Å². The van der Waals surface area contributed by atoms with Crippen LogP contribution in [0.5, 0.6) is 0 Å². The molecule has 0 saturated heterocycles. The summed E-state index contributed by atoms with van der Waals surface area (Å²) in [6.45, 7) is 17.5. The van der Waals surface area contributed by atoms with Crippen molar-refractivity contribution in [2.45, 2.75) is 65.1 Å². The Morgan fingerprint density at radius 2 is 1.26 bits per heavy atom. The summed E-state index contributed by atoms with van der Waals surface area (Å²) in [5.41, 5.74) is 3.24. The van der Waals surface area contributed by atoms with E-state index in [9.17, 15) is 9.13 Å². The van der Waals surface area contributed by atoms with E-state index in [4.69, 9.17) is 18.1 Å². The first-order chi connectivity index (χ1) is 12.5. The van der Waals surface area contributed by atoms with Gasteiger partial charge in [0, 0.05) is 6.42 Å². The number of rotatable bonds is 13. The SMILES string of the molecule is C=CCC(CC#C[Si](C)(C)C)(P(=O)(OCC)OCC)P(=O)(OCC)OCC. The van der Waals surface area contributed by atoms with E-state index in [1.165, 1.54) is 0 Å². The van der Waals surface area contributed by atoms with Crippen LogP contribution >= 0.6 is 15.2 Å². The molecular formula is C18H36O6P2Si. The molecule has 0 heterocycles. The second-order valence-corrected chi connectivity index (χ2v) is 16.7. The van der Waals surface area contributed by atoms with Crippen molar-refractivity contribution >= 4 is 23.3 Å². The van der Waals surface area contributed by atoms with Gasteiger partial charge in [-0.05, 0) is 34.1 Å². The van der Waals surface area contributed by atoms with Crippen LogP contribution in [-0.2, 0) is 27.2 Å². The Bertz CT molecular complexity index is 568. The predicted molar refractivity (Wildman–Crippen MR) is 115 cm³/mol. The molecule has 0 fully saturated rings. The molecule has 0 N–H and O–H groups in total. The third-order valence-corrected chi connectivity index (χ3v) is 11.0. The van der Waals surface area contributed by atoms with Gasteiger partial charge in [-0.3, -0.25) is 9.13 Å². The molecular weight excluding hydrogens is 402 g/mol. The van der Waals surface area contributed by atoms with Crippen LogP contribution in [0.3, 0.4) is 0 Å². The minimum absolute atomic E-state index is 0.0118. The third kappa shape index (κ3) is 6.98. The van der Waals surface area contributed by atoms with Crippen molar-refractivity contribution in [1.82, 2.24) is 0 Å². The number of allylic oxidation sites excluding steroid dienone is 1. The molecule has 0 aliphatic rings. The molecule has 27 heavy (non-hydrogen) atoms. The Kier molecular flexibility index (Phi) is 11.7. The summed E-state index contributed by atoms with van der Waals surface area (Å²) >= 11 is 0. The molecule has 0 saturated carbocycles. The van der Waals surface area contributed by atoms with Crippen LogP contribution < -0.4 is 0 Å². The van der Waals surface area contributed by atoms with E-state index in [1.807, 2.05) is 0 Å². The molecule has 0 aromatic rings. The van der Waals surface area contributed by atoms with Gasteiger partial charge in [0.15, 0.2) is 4.90 Å². The van der Waals surface area contributed by atoms with Crippen molar-refractivity contribution < 1.29 is 27.2 Å². The number of hydrogen-bond donors (Lipinski definition) is 0. The van der Waals surface area contributed by atoms with Crippen LogP contribution in [0.1, 0.15) is 40.5 Å². The van der Waals surface area contributed by atoms with Gasteiger partial charge in [-0.1, -0.05) is 25.7 Å². The van der Waals surface area contributed by atoms with E-state index in [0.29, 0.717) is 0 Å². The molecule has 0 aromatic carbocycles. The van der Waals surface area contributed by atoms with Crippen molar-refractivity contribution in [2.24, 2.45) is 0 Å². The molecule has 6 nitrogen and oxygen atoms in total. The van der Waals surface area contributed by atoms with Crippen molar-refractivity contribution in [3.05, 3.63) is 12.7 Å². The summed E-state index contributed by atoms with van der Waals surface area (Å²) in [5, 5.41) is 0. The maximum atomic E-state index is 13.9. The molecule has 158 valence electrons. The summed E-state index contributed by atoms with van der Waals surface area (Å²) in [6, 6.07) is 0. The van der Waals surface area contributed by atoms with Crippen LogP contribution in [-0.4, -0.2) is 39.4 Å². The molecule has 0 amide bonds. The van der Waals surface area contributed by atoms with Crippen molar-refractivity contribution in [3.8, 4) is 11.5 Å². The molecule has 0 radical (unpaired) electrons. The van der Waals surface area contributed by atoms with E-state index in [2.05, 4.69) is 37.7 Å². The number of hydrogen-bond acceptors (Lipinski definition) is 6. The first-order valence-corrected chi connectivity index (χ1v) is 16.0. The van der Waals surface area contributed by atoms with Gasteiger partial charge in [0.05, 0.1) is 26.4 Å². The Morgan fingerprint density at radius 3 is 1.52 bits per heavy atom.